The highest BCUT2D eigenvalue weighted by Gasteiger charge is 2.46. The van der Waals surface area contributed by atoms with Crippen molar-refractivity contribution in [2.45, 2.75) is 38.1 Å². The Balaban J connectivity index is 2.08. The maximum absolute atomic E-state index is 11.6. The van der Waals surface area contributed by atoms with Crippen molar-refractivity contribution in [3.05, 3.63) is 0 Å². The van der Waals surface area contributed by atoms with Crippen molar-refractivity contribution < 1.29 is 9.90 Å². The number of hydrogen-bond acceptors (Lipinski definition) is 3. The van der Waals surface area contributed by atoms with E-state index in [1.165, 1.54) is 0 Å². The molecule has 0 aliphatic carbocycles. The minimum absolute atomic E-state index is 0.553. The smallest absolute Gasteiger partial charge is 0.324 e. The summed E-state index contributed by atoms with van der Waals surface area (Å²) >= 11 is 0. The first-order valence-electron chi connectivity index (χ1n) is 6.40. The summed E-state index contributed by atoms with van der Waals surface area (Å²) in [7, 11) is 0. The maximum atomic E-state index is 11.6. The Hall–Kier alpha value is -0.610. The largest absolute Gasteiger partial charge is 0.480 e. The monoisotopic (exact) mass is 226 g/mol. The summed E-state index contributed by atoms with van der Waals surface area (Å²) < 4.78 is 0. The van der Waals surface area contributed by atoms with Crippen LogP contribution in [0.1, 0.15) is 32.6 Å². The second-order valence-electron chi connectivity index (χ2n) is 4.97. The number of rotatable bonds is 3. The van der Waals surface area contributed by atoms with Gasteiger partial charge in [0.25, 0.3) is 0 Å². The number of aliphatic carboxylic acids is 1. The van der Waals surface area contributed by atoms with Crippen LogP contribution in [0.2, 0.25) is 0 Å². The lowest BCUT2D eigenvalue weighted by molar-refractivity contribution is -0.154. The minimum atomic E-state index is -0.606. The van der Waals surface area contributed by atoms with Gasteiger partial charge in [-0.1, -0.05) is 6.92 Å². The van der Waals surface area contributed by atoms with Crippen molar-refractivity contribution >= 4 is 5.97 Å². The first-order valence-corrected chi connectivity index (χ1v) is 6.40. The molecule has 4 nitrogen and oxygen atoms in total. The van der Waals surface area contributed by atoms with Crippen LogP contribution in [0.3, 0.4) is 0 Å². The van der Waals surface area contributed by atoms with Crippen molar-refractivity contribution in [3.63, 3.8) is 0 Å². The van der Waals surface area contributed by atoms with Gasteiger partial charge >= 0.3 is 5.97 Å². The first kappa shape index (κ1) is 11.9. The van der Waals surface area contributed by atoms with Crippen LogP contribution in [0, 0.1) is 0 Å². The predicted octanol–water partition coefficient (Wildman–Crippen LogP) is 1.02. The first-order chi connectivity index (χ1) is 7.69. The number of piperidine rings is 1. The van der Waals surface area contributed by atoms with Crippen molar-refractivity contribution in [3.8, 4) is 0 Å². The molecule has 4 heteroatoms. The van der Waals surface area contributed by atoms with Crippen LogP contribution in [0.15, 0.2) is 0 Å². The maximum Gasteiger partial charge on any atom is 0.324 e. The molecule has 2 aliphatic heterocycles. The van der Waals surface area contributed by atoms with E-state index in [1.807, 2.05) is 0 Å². The quantitative estimate of drug-likeness (QED) is 0.780. The lowest BCUT2D eigenvalue weighted by Crippen LogP contribution is -2.59. The van der Waals surface area contributed by atoms with Gasteiger partial charge in [-0.05, 0) is 45.3 Å². The Morgan fingerprint density at radius 1 is 1.19 bits per heavy atom. The SMILES string of the molecule is CCN1CCC(C(=O)O)(N2CCCC2)CC1. The average molecular weight is 226 g/mol. The number of hydrogen-bond donors (Lipinski definition) is 1. The molecule has 16 heavy (non-hydrogen) atoms. The zero-order valence-electron chi connectivity index (χ0n) is 10.1. The number of carboxylic acids is 1. The highest BCUT2D eigenvalue weighted by molar-refractivity contribution is 5.79. The van der Waals surface area contributed by atoms with Crippen LogP contribution in [-0.2, 0) is 4.79 Å². The Kier molecular flexibility index (Phi) is 3.50. The lowest BCUT2D eigenvalue weighted by atomic mass is 9.86. The molecule has 0 aromatic carbocycles. The van der Waals surface area contributed by atoms with Gasteiger partial charge in [-0.15, -0.1) is 0 Å². The molecule has 0 unspecified atom stereocenters. The highest BCUT2D eigenvalue weighted by Crippen LogP contribution is 2.32. The van der Waals surface area contributed by atoms with Gasteiger partial charge in [-0.2, -0.15) is 0 Å². The summed E-state index contributed by atoms with van der Waals surface area (Å²) in [6.45, 7) is 6.98. The molecule has 2 rings (SSSR count). The average Bonchev–Trinajstić information content (AvgIpc) is 2.82. The van der Waals surface area contributed by atoms with E-state index in [4.69, 9.17) is 0 Å². The van der Waals surface area contributed by atoms with E-state index in [0.717, 1.165) is 58.4 Å². The molecule has 0 aromatic rings. The van der Waals surface area contributed by atoms with Gasteiger partial charge in [0.15, 0.2) is 0 Å². The molecule has 2 fully saturated rings. The number of carboxylic acid groups (broad SMARTS) is 1. The molecule has 0 amide bonds. The molecule has 2 aliphatic rings. The molecule has 2 heterocycles. The fourth-order valence-electron chi connectivity index (χ4n) is 3.05. The van der Waals surface area contributed by atoms with E-state index < -0.39 is 11.5 Å². The molecule has 0 bridgehead atoms. The lowest BCUT2D eigenvalue weighted by Gasteiger charge is -2.44. The molecular weight excluding hydrogens is 204 g/mol. The van der Waals surface area contributed by atoms with Gasteiger partial charge in [-0.3, -0.25) is 9.69 Å². The fraction of sp³-hybridized carbons (Fsp3) is 0.917. The van der Waals surface area contributed by atoms with Gasteiger partial charge in [0, 0.05) is 13.1 Å². The van der Waals surface area contributed by atoms with E-state index in [-0.39, 0.29) is 0 Å². The normalized spacial score (nSPS) is 27.1. The Morgan fingerprint density at radius 2 is 1.75 bits per heavy atom. The topological polar surface area (TPSA) is 43.8 Å². The zero-order valence-corrected chi connectivity index (χ0v) is 10.1. The summed E-state index contributed by atoms with van der Waals surface area (Å²) in [5, 5.41) is 9.55. The van der Waals surface area contributed by atoms with E-state index in [2.05, 4.69) is 16.7 Å². The van der Waals surface area contributed by atoms with Crippen molar-refractivity contribution in [2.24, 2.45) is 0 Å². The summed E-state index contributed by atoms with van der Waals surface area (Å²) in [6, 6.07) is 0. The predicted molar refractivity (Wildman–Crippen MR) is 62.5 cm³/mol. The van der Waals surface area contributed by atoms with E-state index in [0.29, 0.717) is 0 Å². The van der Waals surface area contributed by atoms with Crippen LogP contribution in [0.25, 0.3) is 0 Å². The fourth-order valence-corrected chi connectivity index (χ4v) is 3.05. The molecule has 0 aromatic heterocycles. The van der Waals surface area contributed by atoms with Crippen LogP contribution in [0.4, 0.5) is 0 Å². The third kappa shape index (κ3) is 1.96. The number of likely N-dealkylation sites (tertiary alicyclic amines) is 2. The van der Waals surface area contributed by atoms with Crippen LogP contribution >= 0.6 is 0 Å². The number of nitrogens with zero attached hydrogens (tertiary/aromatic N) is 2. The summed E-state index contributed by atoms with van der Waals surface area (Å²) in [5.74, 6) is -0.606. The minimum Gasteiger partial charge on any atom is -0.480 e. The van der Waals surface area contributed by atoms with E-state index in [9.17, 15) is 9.90 Å². The molecule has 0 radical (unpaired) electrons. The molecular formula is C12H22N2O2. The Labute approximate surface area is 97.2 Å². The van der Waals surface area contributed by atoms with Gasteiger partial charge in [0.1, 0.15) is 5.54 Å². The summed E-state index contributed by atoms with van der Waals surface area (Å²) in [5.41, 5.74) is -0.553. The standard InChI is InChI=1S/C12H22N2O2/c1-2-13-9-5-12(6-10-13,11(15)16)14-7-3-4-8-14/h2-10H2,1H3,(H,15,16). The van der Waals surface area contributed by atoms with Crippen LogP contribution in [-0.4, -0.2) is 59.1 Å². The van der Waals surface area contributed by atoms with E-state index in [1.54, 1.807) is 0 Å². The van der Waals surface area contributed by atoms with Gasteiger partial charge in [-0.25, -0.2) is 0 Å². The second-order valence-corrected chi connectivity index (χ2v) is 4.97. The number of carbonyl (C=O) groups is 1. The van der Waals surface area contributed by atoms with Crippen molar-refractivity contribution in [2.75, 3.05) is 32.7 Å². The summed E-state index contributed by atoms with van der Waals surface area (Å²) in [4.78, 5) is 16.2. The van der Waals surface area contributed by atoms with Gasteiger partial charge < -0.3 is 10.0 Å². The molecule has 1 N–H and O–H groups in total. The molecule has 92 valence electrons. The molecule has 0 saturated carbocycles. The van der Waals surface area contributed by atoms with E-state index >= 15 is 0 Å². The Bertz CT molecular complexity index is 254. The van der Waals surface area contributed by atoms with Gasteiger partial charge in [0.2, 0.25) is 0 Å². The third-order valence-corrected chi connectivity index (χ3v) is 4.24. The molecule has 2 saturated heterocycles. The Morgan fingerprint density at radius 3 is 2.19 bits per heavy atom. The van der Waals surface area contributed by atoms with Crippen LogP contribution in [0.5, 0.6) is 0 Å². The highest BCUT2D eigenvalue weighted by atomic mass is 16.4. The molecule has 0 atom stereocenters. The second kappa shape index (κ2) is 4.72. The molecule has 0 spiro atoms. The zero-order chi connectivity index (χ0) is 11.6. The van der Waals surface area contributed by atoms with Crippen LogP contribution < -0.4 is 0 Å². The van der Waals surface area contributed by atoms with Crippen molar-refractivity contribution in [1.29, 1.82) is 0 Å². The summed E-state index contributed by atoms with van der Waals surface area (Å²) in [6.07, 6.45) is 3.89. The third-order valence-electron chi connectivity index (χ3n) is 4.24. The van der Waals surface area contributed by atoms with Gasteiger partial charge in [0.05, 0.1) is 0 Å². The van der Waals surface area contributed by atoms with Crippen molar-refractivity contribution in [1.82, 2.24) is 9.80 Å².